The minimum Gasteiger partial charge on any atom is -0.394 e. The molecule has 3 rings (SSSR count). The van der Waals surface area contributed by atoms with Gasteiger partial charge in [0.15, 0.2) is 12.6 Å². The van der Waals surface area contributed by atoms with Crippen LogP contribution in [-0.2, 0) is 18.9 Å². The summed E-state index contributed by atoms with van der Waals surface area (Å²) >= 11 is 0. The summed E-state index contributed by atoms with van der Waals surface area (Å²) < 4.78 is 19.9. The molecule has 35 heavy (non-hydrogen) atoms. The first-order chi connectivity index (χ1) is 16.4. The average molecular weight is 522 g/mol. The van der Waals surface area contributed by atoms with E-state index in [0.717, 1.165) is 0 Å². The Morgan fingerprint density at radius 2 is 1.17 bits per heavy atom. The fourth-order valence-electron chi connectivity index (χ4n) is 3.72. The molecule has 0 unspecified atom stereocenters. The maximum Gasteiger partial charge on any atom is 0.219 e. The number of aliphatic hydroxyl groups is 13. The zero-order chi connectivity index (χ0) is 26.7. The van der Waals surface area contributed by atoms with Crippen molar-refractivity contribution in [2.24, 2.45) is 0 Å². The molecule has 3 aliphatic heterocycles. The molecular formula is C18H34O17. The SMILES string of the molecule is OC[C@H]1O[C@@H](O[C@H]2[C@H](O)[C@@H](O)[C@H](O)O[C@@H]2CO)[C@H](O)[C@@H](O)[C@H]1O.OC[C@H]1O[C@](O)(CO)[C@@H](O)[C@@H]1O. The molecule has 0 aromatic carbocycles. The Bertz CT molecular complexity index is 638. The van der Waals surface area contributed by atoms with Gasteiger partial charge in [-0.3, -0.25) is 0 Å². The largest absolute Gasteiger partial charge is 0.394 e. The third kappa shape index (κ3) is 6.43. The van der Waals surface area contributed by atoms with E-state index in [1.807, 2.05) is 0 Å². The molecule has 0 radical (unpaired) electrons. The molecule has 3 heterocycles. The number of rotatable bonds is 6. The summed E-state index contributed by atoms with van der Waals surface area (Å²) in [6, 6.07) is 0. The highest BCUT2D eigenvalue weighted by atomic mass is 16.7. The second kappa shape index (κ2) is 12.7. The highest BCUT2D eigenvalue weighted by Crippen LogP contribution is 2.29. The number of hydrogen-bond acceptors (Lipinski definition) is 17. The van der Waals surface area contributed by atoms with Crippen molar-refractivity contribution < 1.29 is 85.3 Å². The number of hydrogen-bond donors (Lipinski definition) is 13. The summed E-state index contributed by atoms with van der Waals surface area (Å²) in [6.07, 6.45) is -19.6. The van der Waals surface area contributed by atoms with Crippen LogP contribution in [0.3, 0.4) is 0 Å². The van der Waals surface area contributed by atoms with Gasteiger partial charge in [0.25, 0.3) is 0 Å². The third-order valence-corrected chi connectivity index (χ3v) is 5.91. The lowest BCUT2D eigenvalue weighted by Crippen LogP contribution is -2.64. The van der Waals surface area contributed by atoms with E-state index in [2.05, 4.69) is 4.74 Å². The highest BCUT2D eigenvalue weighted by molar-refractivity contribution is 4.95. The quantitative estimate of drug-likeness (QED) is 0.154. The first-order valence-corrected chi connectivity index (χ1v) is 10.6. The van der Waals surface area contributed by atoms with Gasteiger partial charge >= 0.3 is 0 Å². The predicted octanol–water partition coefficient (Wildman–Crippen LogP) is -8.62. The van der Waals surface area contributed by atoms with Gasteiger partial charge in [0, 0.05) is 0 Å². The normalized spacial score (nSPS) is 50.5. The van der Waals surface area contributed by atoms with Crippen LogP contribution in [0, 0.1) is 0 Å². The Morgan fingerprint density at radius 1 is 0.600 bits per heavy atom. The van der Waals surface area contributed by atoms with E-state index in [1.165, 1.54) is 0 Å². The summed E-state index contributed by atoms with van der Waals surface area (Å²) in [7, 11) is 0. The molecule has 17 nitrogen and oxygen atoms in total. The fourth-order valence-corrected chi connectivity index (χ4v) is 3.72. The van der Waals surface area contributed by atoms with E-state index >= 15 is 0 Å². The zero-order valence-corrected chi connectivity index (χ0v) is 18.3. The Balaban J connectivity index is 0.000000303. The van der Waals surface area contributed by atoms with Gasteiger partial charge in [-0.05, 0) is 0 Å². The van der Waals surface area contributed by atoms with Crippen molar-refractivity contribution in [1.29, 1.82) is 0 Å². The average Bonchev–Trinajstić information content (AvgIpc) is 3.08. The predicted molar refractivity (Wildman–Crippen MR) is 105 cm³/mol. The molecule has 17 heteroatoms. The van der Waals surface area contributed by atoms with Crippen molar-refractivity contribution in [1.82, 2.24) is 0 Å². The van der Waals surface area contributed by atoms with Crippen molar-refractivity contribution in [2.75, 3.05) is 26.4 Å². The molecule has 14 atom stereocenters. The minimum atomic E-state index is -2.16. The lowest BCUT2D eigenvalue weighted by Gasteiger charge is -2.45. The first kappa shape index (κ1) is 30.5. The molecular weight excluding hydrogens is 488 g/mol. The van der Waals surface area contributed by atoms with E-state index < -0.39 is 112 Å². The topological polar surface area (TPSA) is 300 Å². The van der Waals surface area contributed by atoms with Crippen molar-refractivity contribution in [3.05, 3.63) is 0 Å². The molecule has 0 aromatic rings. The summed E-state index contributed by atoms with van der Waals surface area (Å²) in [4.78, 5) is 0. The van der Waals surface area contributed by atoms with Crippen LogP contribution in [0.25, 0.3) is 0 Å². The van der Waals surface area contributed by atoms with Crippen molar-refractivity contribution in [3.63, 3.8) is 0 Å². The van der Waals surface area contributed by atoms with Crippen LogP contribution in [0.2, 0.25) is 0 Å². The van der Waals surface area contributed by atoms with E-state index in [4.69, 9.17) is 39.7 Å². The van der Waals surface area contributed by atoms with Crippen molar-refractivity contribution >= 4 is 0 Å². The second-order valence-electron chi connectivity index (χ2n) is 8.30. The molecule has 0 spiro atoms. The van der Waals surface area contributed by atoms with Gasteiger partial charge in [0.05, 0.1) is 26.4 Å². The molecule has 0 bridgehead atoms. The lowest BCUT2D eigenvalue weighted by atomic mass is 9.97. The molecule has 0 saturated carbocycles. The van der Waals surface area contributed by atoms with Crippen LogP contribution in [0.1, 0.15) is 0 Å². The Hall–Kier alpha value is -0.680. The van der Waals surface area contributed by atoms with Gasteiger partial charge in [0.1, 0.15) is 67.1 Å². The molecule has 3 saturated heterocycles. The first-order valence-electron chi connectivity index (χ1n) is 10.6. The highest BCUT2D eigenvalue weighted by Gasteiger charge is 2.53. The molecule has 0 amide bonds. The Labute approximate surface area is 198 Å². The lowest BCUT2D eigenvalue weighted by molar-refractivity contribution is -0.355. The van der Waals surface area contributed by atoms with Crippen LogP contribution < -0.4 is 0 Å². The van der Waals surface area contributed by atoms with Crippen LogP contribution in [0.5, 0.6) is 0 Å². The molecule has 3 aliphatic rings. The van der Waals surface area contributed by atoms with E-state index in [0.29, 0.717) is 0 Å². The van der Waals surface area contributed by atoms with Crippen molar-refractivity contribution in [3.8, 4) is 0 Å². The maximum atomic E-state index is 9.94. The molecule has 208 valence electrons. The van der Waals surface area contributed by atoms with E-state index in [1.54, 1.807) is 0 Å². The van der Waals surface area contributed by atoms with Crippen LogP contribution in [-0.4, -0.2) is 178 Å². The van der Waals surface area contributed by atoms with Crippen LogP contribution in [0.15, 0.2) is 0 Å². The molecule has 0 aliphatic carbocycles. The van der Waals surface area contributed by atoms with Gasteiger partial charge in [-0.25, -0.2) is 0 Å². The summed E-state index contributed by atoms with van der Waals surface area (Å²) in [5, 5.41) is 121. The van der Waals surface area contributed by atoms with Gasteiger partial charge in [0.2, 0.25) is 5.79 Å². The van der Waals surface area contributed by atoms with E-state index in [-0.39, 0.29) is 0 Å². The Kier molecular flexibility index (Phi) is 11.1. The molecule has 0 aromatic heterocycles. The summed E-state index contributed by atoms with van der Waals surface area (Å²) in [5.74, 6) is -2.16. The summed E-state index contributed by atoms with van der Waals surface area (Å²) in [6.45, 7) is -2.70. The van der Waals surface area contributed by atoms with Gasteiger partial charge in [-0.15, -0.1) is 0 Å². The summed E-state index contributed by atoms with van der Waals surface area (Å²) in [5.41, 5.74) is 0. The number of aliphatic hydroxyl groups excluding tert-OH is 12. The van der Waals surface area contributed by atoms with Crippen molar-refractivity contribution in [2.45, 2.75) is 85.5 Å². The second-order valence-corrected chi connectivity index (χ2v) is 8.30. The maximum absolute atomic E-state index is 9.94. The fraction of sp³-hybridized carbons (Fsp3) is 1.00. The zero-order valence-electron chi connectivity index (χ0n) is 18.3. The molecule has 3 fully saturated rings. The van der Waals surface area contributed by atoms with Gasteiger partial charge in [-0.2, -0.15) is 0 Å². The van der Waals surface area contributed by atoms with E-state index in [9.17, 15) is 40.9 Å². The Morgan fingerprint density at radius 3 is 1.63 bits per heavy atom. The minimum absolute atomic E-state index is 0.527. The number of ether oxygens (including phenoxy) is 4. The molecule has 13 N–H and O–H groups in total. The van der Waals surface area contributed by atoms with Crippen LogP contribution >= 0.6 is 0 Å². The standard InChI is InChI=1S/C12H22O11.C6H12O6/c13-1-3-5(15)6(16)9(19)12(22-3)23-10-4(2-14)21-11(20)8(18)7(10)17;7-1-3-4(9)5(10)6(11,2-8)12-3/h3-20H,1-2H2;3-5,7-11H,1-2H2/t3-,4-,5+,6+,7-,8-,9-,10-,11-,12+;3-,4-,5+,6-/m11/s1. The smallest absolute Gasteiger partial charge is 0.219 e. The van der Waals surface area contributed by atoms with Crippen LogP contribution in [0.4, 0.5) is 0 Å². The monoisotopic (exact) mass is 522 g/mol. The third-order valence-electron chi connectivity index (χ3n) is 5.91. The van der Waals surface area contributed by atoms with Gasteiger partial charge in [-0.1, -0.05) is 0 Å². The van der Waals surface area contributed by atoms with Gasteiger partial charge < -0.3 is 85.3 Å².